The maximum absolute atomic E-state index is 13.2. The molecule has 0 fully saturated rings. The molecule has 1 unspecified atom stereocenters. The van der Waals surface area contributed by atoms with Gasteiger partial charge in [-0.1, -0.05) is 24.6 Å². The lowest BCUT2D eigenvalue weighted by Gasteiger charge is -2.30. The number of nitrogens with zero attached hydrogens (tertiary/aromatic N) is 1. The Morgan fingerprint density at radius 3 is 2.72 bits per heavy atom. The lowest BCUT2D eigenvalue weighted by atomic mass is 9.97. The maximum Gasteiger partial charge on any atom is 0.256 e. The van der Waals surface area contributed by atoms with Crippen molar-refractivity contribution >= 4 is 17.5 Å². The predicted molar refractivity (Wildman–Crippen MR) is 113 cm³/mol. The molecule has 29 heavy (non-hydrogen) atoms. The number of aromatic amines is 1. The molecule has 3 rings (SSSR count). The van der Waals surface area contributed by atoms with Crippen LogP contribution in [0.2, 0.25) is 5.02 Å². The van der Waals surface area contributed by atoms with Crippen molar-refractivity contribution in [2.75, 3.05) is 13.2 Å². The minimum Gasteiger partial charge on any atom is -0.489 e. The summed E-state index contributed by atoms with van der Waals surface area (Å²) in [4.78, 5) is 30.0. The number of nitrogens with one attached hydrogen (secondary N) is 1. The van der Waals surface area contributed by atoms with E-state index in [1.165, 1.54) is 0 Å². The molecular weight excluding hydrogens is 392 g/mol. The molecule has 1 atom stereocenters. The number of carbonyl (C=O) groups excluding carboxylic acids is 1. The normalized spacial score (nSPS) is 14.7. The Kier molecular flexibility index (Phi) is 6.65. The largest absolute Gasteiger partial charge is 0.489 e. The molecule has 1 aromatic carbocycles. The third kappa shape index (κ3) is 4.49. The highest BCUT2D eigenvalue weighted by Crippen LogP contribution is 2.35. The number of aromatic nitrogens is 1. The Hall–Kier alpha value is -2.31. The van der Waals surface area contributed by atoms with Gasteiger partial charge in [-0.2, -0.15) is 0 Å². The number of aryl methyl sites for hydroxylation is 2. The number of pyridine rings is 1. The molecule has 7 heteroatoms. The number of aliphatic hydroxyl groups is 1. The molecule has 0 radical (unpaired) electrons. The molecule has 0 spiro atoms. The average molecular weight is 419 g/mol. The first kappa shape index (κ1) is 21.4. The third-order valence-corrected chi connectivity index (χ3v) is 5.76. The Bertz CT molecular complexity index is 970. The van der Waals surface area contributed by atoms with Gasteiger partial charge in [0.05, 0.1) is 17.1 Å². The van der Waals surface area contributed by atoms with Crippen LogP contribution in [0.4, 0.5) is 0 Å². The van der Waals surface area contributed by atoms with Gasteiger partial charge in [-0.15, -0.1) is 0 Å². The maximum atomic E-state index is 13.2. The van der Waals surface area contributed by atoms with E-state index in [2.05, 4.69) is 4.98 Å². The second kappa shape index (κ2) is 9.01. The first-order chi connectivity index (χ1) is 13.8. The van der Waals surface area contributed by atoms with E-state index in [9.17, 15) is 14.7 Å². The fourth-order valence-electron chi connectivity index (χ4n) is 3.73. The van der Waals surface area contributed by atoms with Gasteiger partial charge in [-0.25, -0.2) is 0 Å². The summed E-state index contributed by atoms with van der Waals surface area (Å²) in [5.41, 5.74) is 3.40. The van der Waals surface area contributed by atoms with Gasteiger partial charge in [-0.3, -0.25) is 9.59 Å². The second-order valence-electron chi connectivity index (χ2n) is 7.49. The number of H-pyrrole nitrogens is 1. The number of benzene rings is 1. The monoisotopic (exact) mass is 418 g/mol. The van der Waals surface area contributed by atoms with Crippen LogP contribution in [0, 0.1) is 13.8 Å². The fraction of sp³-hybridized carbons (Fsp3) is 0.455. The van der Waals surface area contributed by atoms with Gasteiger partial charge in [0.15, 0.2) is 0 Å². The molecule has 0 saturated heterocycles. The van der Waals surface area contributed by atoms with Crippen molar-refractivity contribution in [1.82, 2.24) is 9.88 Å². The van der Waals surface area contributed by atoms with E-state index in [-0.39, 0.29) is 30.7 Å². The van der Waals surface area contributed by atoms with Crippen LogP contribution in [0.1, 0.15) is 52.5 Å². The second-order valence-corrected chi connectivity index (χ2v) is 7.87. The molecule has 2 aromatic rings. The summed E-state index contributed by atoms with van der Waals surface area (Å²) in [6.45, 7) is 6.48. The van der Waals surface area contributed by atoms with Gasteiger partial charge < -0.3 is 19.7 Å². The van der Waals surface area contributed by atoms with E-state index in [4.69, 9.17) is 16.3 Å². The van der Waals surface area contributed by atoms with Crippen LogP contribution in [0.15, 0.2) is 23.0 Å². The number of rotatable bonds is 7. The number of ether oxygens (including phenoxy) is 1. The highest BCUT2D eigenvalue weighted by atomic mass is 35.5. The van der Waals surface area contributed by atoms with Crippen LogP contribution in [-0.2, 0) is 13.0 Å². The molecule has 1 amide bonds. The Morgan fingerprint density at radius 1 is 1.31 bits per heavy atom. The predicted octanol–water partition coefficient (Wildman–Crippen LogP) is 3.38. The lowest BCUT2D eigenvalue weighted by Crippen LogP contribution is -2.39. The van der Waals surface area contributed by atoms with Crippen LogP contribution in [0.5, 0.6) is 5.75 Å². The third-order valence-electron chi connectivity index (χ3n) is 5.39. The van der Waals surface area contributed by atoms with E-state index in [0.717, 1.165) is 23.2 Å². The molecule has 2 N–H and O–H groups in total. The number of fused-ring (bicyclic) bond motifs is 1. The van der Waals surface area contributed by atoms with Crippen molar-refractivity contribution in [3.8, 4) is 5.75 Å². The van der Waals surface area contributed by atoms with Crippen LogP contribution < -0.4 is 10.3 Å². The smallest absolute Gasteiger partial charge is 0.256 e. The molecule has 1 aromatic heterocycles. The molecule has 0 saturated carbocycles. The van der Waals surface area contributed by atoms with E-state index < -0.39 is 0 Å². The molecule has 1 aliphatic heterocycles. The van der Waals surface area contributed by atoms with Crippen LogP contribution in [-0.4, -0.2) is 40.2 Å². The number of halogens is 1. The summed E-state index contributed by atoms with van der Waals surface area (Å²) >= 11 is 6.57. The Balaban J connectivity index is 1.89. The molecule has 0 bridgehead atoms. The summed E-state index contributed by atoms with van der Waals surface area (Å²) in [6.07, 6.45) is 1.72. The Labute approximate surface area is 175 Å². The zero-order chi connectivity index (χ0) is 21.1. The van der Waals surface area contributed by atoms with E-state index in [1.807, 2.05) is 32.9 Å². The highest BCUT2D eigenvalue weighted by molar-refractivity contribution is 6.35. The number of carbonyl (C=O) groups is 1. The van der Waals surface area contributed by atoms with E-state index >= 15 is 0 Å². The molecule has 1 aliphatic rings. The van der Waals surface area contributed by atoms with Gasteiger partial charge in [0, 0.05) is 30.8 Å². The summed E-state index contributed by atoms with van der Waals surface area (Å²) in [6, 6.07) is 5.57. The van der Waals surface area contributed by atoms with Crippen molar-refractivity contribution in [3.05, 3.63) is 61.5 Å². The summed E-state index contributed by atoms with van der Waals surface area (Å²) < 4.78 is 5.94. The van der Waals surface area contributed by atoms with E-state index in [1.54, 1.807) is 11.0 Å². The number of hydrogen-bond donors (Lipinski definition) is 2. The van der Waals surface area contributed by atoms with Crippen molar-refractivity contribution in [2.24, 2.45) is 0 Å². The van der Waals surface area contributed by atoms with Crippen LogP contribution in [0.3, 0.4) is 0 Å². The fourth-order valence-corrected chi connectivity index (χ4v) is 4.04. The highest BCUT2D eigenvalue weighted by Gasteiger charge is 2.29. The van der Waals surface area contributed by atoms with Crippen LogP contribution >= 0.6 is 11.6 Å². The Morgan fingerprint density at radius 2 is 2.07 bits per heavy atom. The number of hydrogen-bond acceptors (Lipinski definition) is 4. The van der Waals surface area contributed by atoms with Gasteiger partial charge in [0.25, 0.3) is 11.5 Å². The molecule has 0 aliphatic carbocycles. The molecular formula is C22H27ClN2O4. The van der Waals surface area contributed by atoms with Crippen molar-refractivity contribution < 1.29 is 14.6 Å². The quantitative estimate of drug-likeness (QED) is 0.722. The summed E-state index contributed by atoms with van der Waals surface area (Å²) in [7, 11) is 0. The molecule has 6 nitrogen and oxygen atoms in total. The van der Waals surface area contributed by atoms with E-state index in [0.29, 0.717) is 41.3 Å². The molecule has 2 heterocycles. The van der Waals surface area contributed by atoms with Crippen molar-refractivity contribution in [2.45, 2.75) is 52.7 Å². The standard InChI is InChI=1S/C22H27ClN2O4/c1-4-16(8-10-26)29-18-6-5-15-7-9-25(22(28)19(15)20(18)23)12-17-13(2)11-14(3)24-21(17)27/h5-6,11,16,26H,4,7-10,12H2,1-3H3,(H,24,27). The topological polar surface area (TPSA) is 82.6 Å². The first-order valence-corrected chi connectivity index (χ1v) is 10.3. The van der Waals surface area contributed by atoms with Gasteiger partial charge in [-0.05, 0) is 49.9 Å². The number of amides is 1. The van der Waals surface area contributed by atoms with Gasteiger partial charge in [0.1, 0.15) is 11.9 Å². The summed E-state index contributed by atoms with van der Waals surface area (Å²) in [5, 5.41) is 9.48. The lowest BCUT2D eigenvalue weighted by molar-refractivity contribution is 0.0725. The zero-order valence-electron chi connectivity index (χ0n) is 17.0. The minimum absolute atomic E-state index is 0.0260. The minimum atomic E-state index is -0.198. The van der Waals surface area contributed by atoms with Gasteiger partial charge in [0.2, 0.25) is 0 Å². The zero-order valence-corrected chi connectivity index (χ0v) is 17.8. The van der Waals surface area contributed by atoms with Crippen molar-refractivity contribution in [1.29, 1.82) is 0 Å². The number of aliphatic hydroxyl groups excluding tert-OH is 1. The van der Waals surface area contributed by atoms with Gasteiger partial charge >= 0.3 is 0 Å². The summed E-state index contributed by atoms with van der Waals surface area (Å²) in [5.74, 6) is 0.251. The average Bonchev–Trinajstić information content (AvgIpc) is 2.67. The SMILES string of the molecule is CCC(CCO)Oc1ccc2c(c1Cl)C(=O)N(Cc1c(C)cc(C)[nH]c1=O)CC2. The van der Waals surface area contributed by atoms with Crippen molar-refractivity contribution in [3.63, 3.8) is 0 Å². The molecule has 156 valence electrons. The van der Waals surface area contributed by atoms with Crippen LogP contribution in [0.25, 0.3) is 0 Å². The first-order valence-electron chi connectivity index (χ1n) is 9.93.